The summed E-state index contributed by atoms with van der Waals surface area (Å²) in [6, 6.07) is 9.50. The summed E-state index contributed by atoms with van der Waals surface area (Å²) < 4.78 is 37.7. The maximum Gasteiger partial charge on any atom is 0.319 e. The van der Waals surface area contributed by atoms with Gasteiger partial charge in [-0.3, -0.25) is 0 Å². The second-order valence-electron chi connectivity index (χ2n) is 6.98. The van der Waals surface area contributed by atoms with Crippen molar-refractivity contribution in [2.75, 3.05) is 14.2 Å². The maximum absolute atomic E-state index is 14.0. The lowest BCUT2D eigenvalue weighted by atomic mass is 10.1. The molecule has 3 heterocycles. The number of benzene rings is 1. The van der Waals surface area contributed by atoms with Crippen LogP contribution in [0, 0.1) is 23.1 Å². The summed E-state index contributed by atoms with van der Waals surface area (Å²) in [5.41, 5.74) is 3.01. The van der Waals surface area contributed by atoms with E-state index in [4.69, 9.17) is 14.7 Å². The van der Waals surface area contributed by atoms with Gasteiger partial charge in [0.1, 0.15) is 5.82 Å². The summed E-state index contributed by atoms with van der Waals surface area (Å²) in [5.74, 6) is -0.150. The maximum atomic E-state index is 14.0. The number of aromatic nitrogens is 5. The number of fused-ring (bicyclic) bond motifs is 1. The third kappa shape index (κ3) is 4.32. The highest BCUT2D eigenvalue weighted by Crippen LogP contribution is 2.43. The van der Waals surface area contributed by atoms with Crippen LogP contribution in [0.25, 0.3) is 16.9 Å². The van der Waals surface area contributed by atoms with E-state index >= 15 is 0 Å². The summed E-state index contributed by atoms with van der Waals surface area (Å²) in [5, 5.41) is 12.6. The van der Waals surface area contributed by atoms with Crippen LogP contribution < -0.4 is 9.47 Å². The summed E-state index contributed by atoms with van der Waals surface area (Å²) in [4.78, 5) is 12.4. The number of nitriles is 1. The number of rotatable bonds is 4. The SMILES string of the molecule is COc1ncc(-c2cc(C3CC3)c3ncc(F)n3n2)c(OC)n1.N#Cc1cccc(F)c1. The van der Waals surface area contributed by atoms with E-state index in [9.17, 15) is 8.78 Å². The van der Waals surface area contributed by atoms with E-state index in [1.54, 1.807) is 12.3 Å². The van der Waals surface area contributed by atoms with Gasteiger partial charge < -0.3 is 9.47 Å². The minimum atomic E-state index is -0.503. The molecular weight excluding hydrogens is 418 g/mol. The van der Waals surface area contributed by atoms with Gasteiger partial charge in [-0.15, -0.1) is 0 Å². The van der Waals surface area contributed by atoms with Crippen molar-refractivity contribution in [2.45, 2.75) is 18.8 Å². The zero-order valence-corrected chi connectivity index (χ0v) is 17.3. The Bertz CT molecular complexity index is 1310. The molecule has 1 aromatic carbocycles. The molecule has 32 heavy (non-hydrogen) atoms. The minimum Gasteiger partial charge on any atom is -0.480 e. The van der Waals surface area contributed by atoms with Crippen LogP contribution in [0.4, 0.5) is 8.78 Å². The Hall–Kier alpha value is -4.13. The monoisotopic (exact) mass is 436 g/mol. The Balaban J connectivity index is 0.000000230. The van der Waals surface area contributed by atoms with E-state index in [0.29, 0.717) is 34.3 Å². The summed E-state index contributed by atoms with van der Waals surface area (Å²) in [6.45, 7) is 0. The molecule has 0 bridgehead atoms. The molecule has 5 rings (SSSR count). The fourth-order valence-electron chi connectivity index (χ4n) is 3.13. The Morgan fingerprint density at radius 2 is 1.91 bits per heavy atom. The highest BCUT2D eigenvalue weighted by molar-refractivity contribution is 5.67. The fourth-order valence-corrected chi connectivity index (χ4v) is 3.13. The lowest BCUT2D eigenvalue weighted by Crippen LogP contribution is -2.03. The van der Waals surface area contributed by atoms with Gasteiger partial charge in [-0.25, -0.2) is 14.4 Å². The third-order valence-corrected chi connectivity index (χ3v) is 4.81. The fraction of sp³-hybridized carbons (Fsp3) is 0.227. The van der Waals surface area contributed by atoms with Gasteiger partial charge in [0.2, 0.25) is 11.8 Å². The van der Waals surface area contributed by atoms with Gasteiger partial charge in [-0.2, -0.15) is 24.3 Å². The molecule has 0 atom stereocenters. The second kappa shape index (κ2) is 8.93. The number of methoxy groups -OCH3 is 2. The zero-order valence-electron chi connectivity index (χ0n) is 17.3. The number of ether oxygens (including phenoxy) is 2. The molecule has 0 amide bonds. The molecule has 0 radical (unpaired) electrons. The highest BCUT2D eigenvalue weighted by atomic mass is 19.1. The Morgan fingerprint density at radius 1 is 1.09 bits per heavy atom. The molecule has 8 nitrogen and oxygen atoms in total. The first-order valence-corrected chi connectivity index (χ1v) is 9.69. The summed E-state index contributed by atoms with van der Waals surface area (Å²) in [6.07, 6.45) is 4.89. The van der Waals surface area contributed by atoms with E-state index in [1.165, 1.54) is 43.1 Å². The average Bonchev–Trinajstić information content (AvgIpc) is 3.61. The van der Waals surface area contributed by atoms with Crippen molar-refractivity contribution in [2.24, 2.45) is 0 Å². The van der Waals surface area contributed by atoms with E-state index < -0.39 is 5.95 Å². The predicted octanol–water partition coefficient (Wildman–Crippen LogP) is 3.92. The molecule has 1 aliphatic carbocycles. The van der Waals surface area contributed by atoms with Crippen molar-refractivity contribution in [3.63, 3.8) is 0 Å². The molecule has 0 aliphatic heterocycles. The van der Waals surface area contributed by atoms with Crippen LogP contribution in [0.2, 0.25) is 0 Å². The van der Waals surface area contributed by atoms with Gasteiger partial charge >= 0.3 is 6.01 Å². The molecule has 1 saturated carbocycles. The van der Waals surface area contributed by atoms with Gasteiger partial charge in [-0.1, -0.05) is 6.07 Å². The Labute approximate surface area is 182 Å². The molecule has 0 saturated heterocycles. The normalized spacial score (nSPS) is 12.6. The molecule has 3 aromatic heterocycles. The average molecular weight is 436 g/mol. The number of halogens is 2. The largest absolute Gasteiger partial charge is 0.480 e. The first kappa shape index (κ1) is 21.1. The predicted molar refractivity (Wildman–Crippen MR) is 110 cm³/mol. The van der Waals surface area contributed by atoms with Crippen molar-refractivity contribution in [1.82, 2.24) is 24.6 Å². The number of imidazole rings is 1. The molecule has 0 spiro atoms. The number of nitrogens with zero attached hydrogens (tertiary/aromatic N) is 6. The quantitative estimate of drug-likeness (QED) is 0.478. The van der Waals surface area contributed by atoms with Gasteiger partial charge in [0.05, 0.1) is 43.3 Å². The van der Waals surface area contributed by atoms with Crippen LogP contribution in [-0.2, 0) is 0 Å². The summed E-state index contributed by atoms with van der Waals surface area (Å²) in [7, 11) is 2.98. The lowest BCUT2D eigenvalue weighted by Gasteiger charge is -2.10. The van der Waals surface area contributed by atoms with Crippen LogP contribution in [0.1, 0.15) is 29.9 Å². The first-order valence-electron chi connectivity index (χ1n) is 9.69. The standard InChI is InChI=1S/C15H14FN5O2.C7H4FN/c1-22-14-10(6-18-15(19-14)23-2)11-5-9(8-3-4-8)13-17-7-12(16)21(13)20-11;8-7-3-1-2-6(4-7)5-9/h5-8H,3-4H2,1-2H3;1-4H. The van der Waals surface area contributed by atoms with Crippen LogP contribution in [0.15, 0.2) is 42.7 Å². The van der Waals surface area contributed by atoms with Gasteiger partial charge in [0.25, 0.3) is 0 Å². The van der Waals surface area contributed by atoms with Crippen molar-refractivity contribution in [1.29, 1.82) is 5.26 Å². The van der Waals surface area contributed by atoms with Crippen LogP contribution in [0.3, 0.4) is 0 Å². The lowest BCUT2D eigenvalue weighted by molar-refractivity contribution is 0.353. The molecular formula is C22H18F2N6O2. The molecule has 162 valence electrons. The zero-order chi connectivity index (χ0) is 22.7. The second-order valence-corrected chi connectivity index (χ2v) is 6.98. The van der Waals surface area contributed by atoms with Crippen molar-refractivity contribution in [3.05, 3.63) is 65.6 Å². The highest BCUT2D eigenvalue weighted by Gasteiger charge is 2.29. The Kier molecular flexibility index (Phi) is 5.89. The van der Waals surface area contributed by atoms with Crippen LogP contribution >= 0.6 is 0 Å². The van der Waals surface area contributed by atoms with E-state index in [-0.39, 0.29) is 11.8 Å². The topological polar surface area (TPSA) is 98.2 Å². The number of hydrogen-bond acceptors (Lipinski definition) is 7. The van der Waals surface area contributed by atoms with Crippen molar-refractivity contribution < 1.29 is 18.3 Å². The van der Waals surface area contributed by atoms with Gasteiger partial charge in [-0.05, 0) is 43.0 Å². The van der Waals surface area contributed by atoms with Crippen LogP contribution in [-0.4, -0.2) is 38.8 Å². The molecule has 10 heteroatoms. The third-order valence-electron chi connectivity index (χ3n) is 4.81. The molecule has 0 unspecified atom stereocenters. The van der Waals surface area contributed by atoms with E-state index in [2.05, 4.69) is 20.1 Å². The van der Waals surface area contributed by atoms with Crippen LogP contribution in [0.5, 0.6) is 11.9 Å². The molecule has 1 aliphatic rings. The summed E-state index contributed by atoms with van der Waals surface area (Å²) >= 11 is 0. The van der Waals surface area contributed by atoms with Crippen molar-refractivity contribution >= 4 is 5.65 Å². The Morgan fingerprint density at radius 3 is 2.53 bits per heavy atom. The van der Waals surface area contributed by atoms with Crippen molar-refractivity contribution in [3.8, 4) is 29.2 Å². The smallest absolute Gasteiger partial charge is 0.319 e. The molecule has 4 aromatic rings. The van der Waals surface area contributed by atoms with Gasteiger partial charge in [0, 0.05) is 11.8 Å². The molecule has 0 N–H and O–H groups in total. The van der Waals surface area contributed by atoms with E-state index in [0.717, 1.165) is 18.4 Å². The van der Waals surface area contributed by atoms with Gasteiger partial charge in [0.15, 0.2) is 5.65 Å². The van der Waals surface area contributed by atoms with E-state index in [1.807, 2.05) is 12.1 Å². The first-order chi connectivity index (χ1) is 15.5. The molecule has 1 fully saturated rings. The minimum absolute atomic E-state index is 0.197. The number of hydrogen-bond donors (Lipinski definition) is 0.